The van der Waals surface area contributed by atoms with E-state index in [1.165, 1.54) is 53.7 Å². The first-order chi connectivity index (χ1) is 17.3. The lowest BCUT2D eigenvalue weighted by Gasteiger charge is -2.36. The highest BCUT2D eigenvalue weighted by atomic mass is 16.2. The molecule has 0 aromatic heterocycles. The molecule has 0 bridgehead atoms. The van der Waals surface area contributed by atoms with Gasteiger partial charge in [-0.25, -0.2) is 4.79 Å². The molecule has 3 aromatic rings. The van der Waals surface area contributed by atoms with E-state index in [0.717, 1.165) is 28.9 Å². The number of para-hydroxylation sites is 1. The van der Waals surface area contributed by atoms with Gasteiger partial charge in [0.25, 0.3) is 0 Å². The SMILES string of the molecule is Cc1ccccc1-c1cc(CC2CCN(C(C)C)CC2)cc2c1CNC(=O)N2c1c(C)cccc1C. The van der Waals surface area contributed by atoms with E-state index in [-0.39, 0.29) is 6.03 Å². The third-order valence-electron chi connectivity index (χ3n) is 8.15. The first kappa shape index (κ1) is 24.6. The van der Waals surface area contributed by atoms with Gasteiger partial charge in [-0.1, -0.05) is 48.5 Å². The fourth-order valence-corrected chi connectivity index (χ4v) is 6.07. The lowest BCUT2D eigenvalue weighted by Crippen LogP contribution is -2.42. The Bertz CT molecular complexity index is 1250. The van der Waals surface area contributed by atoms with Crippen LogP contribution in [-0.4, -0.2) is 30.1 Å². The minimum absolute atomic E-state index is 0.0435. The van der Waals surface area contributed by atoms with Crippen molar-refractivity contribution in [3.8, 4) is 11.1 Å². The average molecular weight is 482 g/mol. The second-order valence-corrected chi connectivity index (χ2v) is 11.0. The number of aryl methyl sites for hydroxylation is 3. The lowest BCUT2D eigenvalue weighted by atomic mass is 9.86. The molecule has 36 heavy (non-hydrogen) atoms. The maximum absolute atomic E-state index is 13.4. The maximum atomic E-state index is 13.4. The van der Waals surface area contributed by atoms with E-state index in [9.17, 15) is 4.79 Å². The number of anilines is 2. The highest BCUT2D eigenvalue weighted by Gasteiger charge is 2.31. The van der Waals surface area contributed by atoms with Crippen molar-refractivity contribution >= 4 is 17.4 Å². The van der Waals surface area contributed by atoms with Gasteiger partial charge in [0.05, 0.1) is 11.4 Å². The average Bonchev–Trinajstić information content (AvgIpc) is 2.85. The van der Waals surface area contributed by atoms with Gasteiger partial charge >= 0.3 is 6.03 Å². The second-order valence-electron chi connectivity index (χ2n) is 11.0. The summed E-state index contributed by atoms with van der Waals surface area (Å²) < 4.78 is 0. The zero-order valence-corrected chi connectivity index (χ0v) is 22.4. The van der Waals surface area contributed by atoms with Gasteiger partial charge in [0.2, 0.25) is 0 Å². The molecule has 3 aromatic carbocycles. The highest BCUT2D eigenvalue weighted by molar-refractivity contribution is 6.04. The van der Waals surface area contributed by atoms with Crippen LogP contribution in [0.4, 0.5) is 16.2 Å². The smallest absolute Gasteiger partial charge is 0.326 e. The fraction of sp³-hybridized carbons (Fsp3) is 0.406. The van der Waals surface area contributed by atoms with Gasteiger partial charge < -0.3 is 10.2 Å². The molecule has 0 radical (unpaired) electrons. The Hall–Kier alpha value is -3.11. The van der Waals surface area contributed by atoms with E-state index in [2.05, 4.69) is 99.4 Å². The Morgan fingerprint density at radius 3 is 2.22 bits per heavy atom. The fourth-order valence-electron chi connectivity index (χ4n) is 6.07. The van der Waals surface area contributed by atoms with Crippen LogP contribution in [0.5, 0.6) is 0 Å². The number of hydrogen-bond donors (Lipinski definition) is 1. The van der Waals surface area contributed by atoms with Gasteiger partial charge in [-0.15, -0.1) is 0 Å². The molecular formula is C32H39N3O. The van der Waals surface area contributed by atoms with Crippen molar-refractivity contribution in [3.63, 3.8) is 0 Å². The van der Waals surface area contributed by atoms with Crippen LogP contribution in [0.1, 0.15) is 54.5 Å². The normalized spacial score (nSPS) is 16.8. The summed E-state index contributed by atoms with van der Waals surface area (Å²) in [5.74, 6) is 0.675. The van der Waals surface area contributed by atoms with Crippen LogP contribution < -0.4 is 10.2 Å². The number of rotatable bonds is 5. The Kier molecular flexibility index (Phi) is 6.90. The largest absolute Gasteiger partial charge is 0.333 e. The Labute approximate surface area is 216 Å². The zero-order chi connectivity index (χ0) is 25.4. The van der Waals surface area contributed by atoms with Crippen LogP contribution >= 0.6 is 0 Å². The molecule has 4 heteroatoms. The van der Waals surface area contributed by atoms with Crippen molar-refractivity contribution < 1.29 is 4.79 Å². The Balaban J connectivity index is 1.61. The molecular weight excluding hydrogens is 442 g/mol. The van der Waals surface area contributed by atoms with Gasteiger partial charge in [0.1, 0.15) is 0 Å². The molecule has 0 spiro atoms. The van der Waals surface area contributed by atoms with Crippen molar-refractivity contribution in [3.05, 3.63) is 82.4 Å². The van der Waals surface area contributed by atoms with E-state index in [1.54, 1.807) is 0 Å². The minimum Gasteiger partial charge on any atom is -0.333 e. The van der Waals surface area contributed by atoms with Gasteiger partial charge in [0, 0.05) is 18.2 Å². The standard InChI is InChI=1S/C32H39N3O/c1-21(2)34-15-13-25(14-16-34)17-26-18-28(27-12-7-6-9-22(27)3)29-20-33-32(36)35(30(29)19-26)31-23(4)10-8-11-24(31)5/h6-12,18-19,21,25H,13-17,20H2,1-5H3,(H,33,36). The number of fused-ring (bicyclic) bond motifs is 1. The monoisotopic (exact) mass is 481 g/mol. The van der Waals surface area contributed by atoms with Gasteiger partial charge in [-0.3, -0.25) is 4.90 Å². The highest BCUT2D eigenvalue weighted by Crippen LogP contribution is 2.42. The summed E-state index contributed by atoms with van der Waals surface area (Å²) in [6.45, 7) is 13.9. The molecule has 4 nitrogen and oxygen atoms in total. The number of carbonyl (C=O) groups is 1. The molecule has 0 atom stereocenters. The molecule has 1 N–H and O–H groups in total. The van der Waals surface area contributed by atoms with Crippen molar-refractivity contribution in [1.29, 1.82) is 0 Å². The predicted molar refractivity (Wildman–Crippen MR) is 150 cm³/mol. The third kappa shape index (κ3) is 4.67. The molecule has 0 aliphatic carbocycles. The Morgan fingerprint density at radius 2 is 1.56 bits per heavy atom. The predicted octanol–water partition coefficient (Wildman–Crippen LogP) is 7.30. The first-order valence-corrected chi connectivity index (χ1v) is 13.4. The van der Waals surface area contributed by atoms with E-state index in [1.807, 2.05) is 4.90 Å². The molecule has 2 aliphatic rings. The number of benzene rings is 3. The summed E-state index contributed by atoms with van der Waals surface area (Å²) in [6.07, 6.45) is 3.52. The molecule has 0 unspecified atom stereocenters. The quantitative estimate of drug-likeness (QED) is 0.415. The number of urea groups is 1. The van der Waals surface area contributed by atoms with Crippen molar-refractivity contribution in [2.45, 2.75) is 66.5 Å². The summed E-state index contributed by atoms with van der Waals surface area (Å²) in [5.41, 5.74) is 10.5. The van der Waals surface area contributed by atoms with Gasteiger partial charge in [-0.2, -0.15) is 0 Å². The maximum Gasteiger partial charge on any atom is 0.326 e. The number of amides is 2. The first-order valence-electron chi connectivity index (χ1n) is 13.4. The summed E-state index contributed by atoms with van der Waals surface area (Å²) in [4.78, 5) is 17.9. The van der Waals surface area contributed by atoms with Crippen LogP contribution in [0.25, 0.3) is 11.1 Å². The van der Waals surface area contributed by atoms with Crippen LogP contribution in [0.15, 0.2) is 54.6 Å². The van der Waals surface area contributed by atoms with E-state index in [0.29, 0.717) is 18.5 Å². The molecule has 2 heterocycles. The molecule has 188 valence electrons. The van der Waals surface area contributed by atoms with E-state index < -0.39 is 0 Å². The second kappa shape index (κ2) is 10.1. The number of nitrogens with zero attached hydrogens (tertiary/aromatic N) is 2. The summed E-state index contributed by atoms with van der Waals surface area (Å²) in [5, 5.41) is 3.17. The topological polar surface area (TPSA) is 35.6 Å². The van der Waals surface area contributed by atoms with Crippen LogP contribution in [0, 0.1) is 26.7 Å². The Morgan fingerprint density at radius 1 is 0.889 bits per heavy atom. The minimum atomic E-state index is -0.0435. The summed E-state index contributed by atoms with van der Waals surface area (Å²) in [7, 11) is 0. The van der Waals surface area contributed by atoms with Gasteiger partial charge in [-0.05, 0) is 112 Å². The molecule has 2 aliphatic heterocycles. The van der Waals surface area contributed by atoms with Crippen LogP contribution in [0.2, 0.25) is 0 Å². The molecule has 2 amide bonds. The molecule has 5 rings (SSSR count). The lowest BCUT2D eigenvalue weighted by molar-refractivity contribution is 0.149. The van der Waals surface area contributed by atoms with E-state index in [4.69, 9.17) is 0 Å². The summed E-state index contributed by atoms with van der Waals surface area (Å²) in [6, 6.07) is 20.1. The van der Waals surface area contributed by atoms with Crippen molar-refractivity contribution in [2.75, 3.05) is 18.0 Å². The summed E-state index contributed by atoms with van der Waals surface area (Å²) >= 11 is 0. The van der Waals surface area contributed by atoms with E-state index >= 15 is 0 Å². The van der Waals surface area contributed by atoms with Crippen molar-refractivity contribution in [2.24, 2.45) is 5.92 Å². The molecule has 1 fully saturated rings. The number of hydrogen-bond acceptors (Lipinski definition) is 2. The zero-order valence-electron chi connectivity index (χ0n) is 22.4. The number of likely N-dealkylation sites (tertiary alicyclic amines) is 1. The van der Waals surface area contributed by atoms with Crippen LogP contribution in [-0.2, 0) is 13.0 Å². The van der Waals surface area contributed by atoms with Crippen LogP contribution in [0.3, 0.4) is 0 Å². The number of carbonyl (C=O) groups excluding carboxylic acids is 1. The number of piperidine rings is 1. The van der Waals surface area contributed by atoms with Gasteiger partial charge in [0.15, 0.2) is 0 Å². The van der Waals surface area contributed by atoms with Crippen molar-refractivity contribution in [1.82, 2.24) is 10.2 Å². The third-order valence-corrected chi connectivity index (χ3v) is 8.15. The molecule has 0 saturated carbocycles. The number of nitrogens with one attached hydrogen (secondary N) is 1. The molecule has 1 saturated heterocycles.